The van der Waals surface area contributed by atoms with Crippen LogP contribution < -0.4 is 9.46 Å². The van der Waals surface area contributed by atoms with Gasteiger partial charge < -0.3 is 9.72 Å². The van der Waals surface area contributed by atoms with Crippen molar-refractivity contribution < 1.29 is 13.2 Å². The first-order chi connectivity index (χ1) is 13.2. The first-order valence-electron chi connectivity index (χ1n) is 8.76. The Labute approximate surface area is 175 Å². The first kappa shape index (κ1) is 21.0. The standard InChI is InChI=1S/C20H22Cl2N2O3S/c1-11-10-17(27-4)20(12(2)18(11)22)28(25,26)23-9-8-14-13(3)24-19-15(14)6-5-7-16(19)21/h5-7,10,23-24H,8-9H2,1-4H3. The molecule has 0 radical (unpaired) electrons. The normalized spacial score (nSPS) is 11.9. The van der Waals surface area contributed by atoms with E-state index in [1.165, 1.54) is 7.11 Å². The van der Waals surface area contributed by atoms with Crippen LogP contribution in [0.5, 0.6) is 5.75 Å². The SMILES string of the molecule is COc1cc(C)c(Cl)c(C)c1S(=O)(=O)NCCc1c(C)[nH]c2c(Cl)cccc12. The van der Waals surface area contributed by atoms with Gasteiger partial charge in [0, 0.05) is 22.6 Å². The van der Waals surface area contributed by atoms with Crippen molar-refractivity contribution in [3.63, 3.8) is 0 Å². The summed E-state index contributed by atoms with van der Waals surface area (Å²) >= 11 is 12.5. The average molecular weight is 441 g/mol. The third-order valence-electron chi connectivity index (χ3n) is 4.85. The Morgan fingerprint density at radius 1 is 1.18 bits per heavy atom. The molecule has 2 N–H and O–H groups in total. The molecule has 0 saturated heterocycles. The number of halogens is 2. The molecule has 0 aliphatic carbocycles. The number of hydrogen-bond acceptors (Lipinski definition) is 3. The van der Waals surface area contributed by atoms with Gasteiger partial charge in [-0.05, 0) is 56.0 Å². The predicted octanol–water partition coefficient (Wildman–Crippen LogP) is 4.93. The molecule has 0 fully saturated rings. The van der Waals surface area contributed by atoms with Gasteiger partial charge in [-0.1, -0.05) is 35.3 Å². The van der Waals surface area contributed by atoms with Crippen LogP contribution in [0.25, 0.3) is 10.9 Å². The third kappa shape index (κ3) is 3.74. The highest BCUT2D eigenvalue weighted by Gasteiger charge is 2.25. The number of methoxy groups -OCH3 is 1. The highest BCUT2D eigenvalue weighted by Crippen LogP contribution is 2.35. The molecule has 3 rings (SSSR count). The summed E-state index contributed by atoms with van der Waals surface area (Å²) in [5.74, 6) is 0.280. The number of benzene rings is 2. The highest BCUT2D eigenvalue weighted by molar-refractivity contribution is 7.89. The van der Waals surface area contributed by atoms with Gasteiger partial charge in [0.25, 0.3) is 0 Å². The number of sulfonamides is 1. The van der Waals surface area contributed by atoms with E-state index in [1.54, 1.807) is 13.0 Å². The fourth-order valence-corrected chi connectivity index (χ4v) is 5.32. The zero-order chi connectivity index (χ0) is 20.6. The van der Waals surface area contributed by atoms with Crippen LogP contribution >= 0.6 is 23.2 Å². The quantitative estimate of drug-likeness (QED) is 0.570. The Hall–Kier alpha value is -1.73. The van der Waals surface area contributed by atoms with E-state index in [1.807, 2.05) is 32.0 Å². The van der Waals surface area contributed by atoms with Crippen LogP contribution in [0.1, 0.15) is 22.4 Å². The van der Waals surface area contributed by atoms with Gasteiger partial charge in [0.2, 0.25) is 10.0 Å². The van der Waals surface area contributed by atoms with E-state index in [0.717, 1.165) is 27.7 Å². The van der Waals surface area contributed by atoms with Crippen molar-refractivity contribution in [2.24, 2.45) is 0 Å². The fourth-order valence-electron chi connectivity index (χ4n) is 3.46. The Kier molecular flexibility index (Phi) is 5.96. The zero-order valence-corrected chi connectivity index (χ0v) is 18.4. The molecule has 0 aliphatic heterocycles. The second-order valence-corrected chi connectivity index (χ2v) is 9.19. The van der Waals surface area contributed by atoms with E-state index in [9.17, 15) is 8.42 Å². The lowest BCUT2D eigenvalue weighted by Gasteiger charge is -2.16. The van der Waals surface area contributed by atoms with Crippen LogP contribution in [0.2, 0.25) is 10.0 Å². The number of H-pyrrole nitrogens is 1. The van der Waals surface area contributed by atoms with Crippen molar-refractivity contribution in [1.82, 2.24) is 9.71 Å². The van der Waals surface area contributed by atoms with Gasteiger partial charge >= 0.3 is 0 Å². The fraction of sp³-hybridized carbons (Fsp3) is 0.300. The van der Waals surface area contributed by atoms with Crippen molar-refractivity contribution in [3.05, 3.63) is 56.7 Å². The molecular weight excluding hydrogens is 419 g/mol. The van der Waals surface area contributed by atoms with Crippen molar-refractivity contribution in [2.45, 2.75) is 32.1 Å². The van der Waals surface area contributed by atoms with Crippen LogP contribution in [0.15, 0.2) is 29.2 Å². The largest absolute Gasteiger partial charge is 0.495 e. The molecule has 5 nitrogen and oxygen atoms in total. The molecule has 0 bridgehead atoms. The van der Waals surface area contributed by atoms with E-state index >= 15 is 0 Å². The molecule has 3 aromatic rings. The molecule has 0 spiro atoms. The minimum Gasteiger partial charge on any atom is -0.495 e. The van der Waals surface area contributed by atoms with Gasteiger partial charge in [-0.15, -0.1) is 0 Å². The van der Waals surface area contributed by atoms with Gasteiger partial charge in [-0.2, -0.15) is 0 Å². The second kappa shape index (κ2) is 7.95. The summed E-state index contributed by atoms with van der Waals surface area (Å²) in [5, 5.41) is 2.06. The van der Waals surface area contributed by atoms with E-state index in [2.05, 4.69) is 9.71 Å². The van der Waals surface area contributed by atoms with E-state index in [0.29, 0.717) is 22.0 Å². The topological polar surface area (TPSA) is 71.2 Å². The summed E-state index contributed by atoms with van der Waals surface area (Å²) in [6.45, 7) is 5.68. The van der Waals surface area contributed by atoms with Gasteiger partial charge in [-0.25, -0.2) is 13.1 Å². The zero-order valence-electron chi connectivity index (χ0n) is 16.1. The summed E-state index contributed by atoms with van der Waals surface area (Å²) in [6.07, 6.45) is 0.520. The minimum absolute atomic E-state index is 0.0734. The molecule has 0 atom stereocenters. The molecule has 8 heteroatoms. The van der Waals surface area contributed by atoms with Crippen molar-refractivity contribution >= 4 is 44.1 Å². The molecule has 1 aromatic heterocycles. The number of nitrogens with one attached hydrogen (secondary N) is 2. The number of ether oxygens (including phenoxy) is 1. The summed E-state index contributed by atoms with van der Waals surface area (Å²) in [4.78, 5) is 3.34. The Morgan fingerprint density at radius 2 is 1.89 bits per heavy atom. The van der Waals surface area contributed by atoms with Crippen LogP contribution in [0.3, 0.4) is 0 Å². The number of rotatable bonds is 6. The maximum Gasteiger partial charge on any atom is 0.244 e. The molecule has 0 saturated carbocycles. The second-order valence-electron chi connectivity index (χ2n) is 6.70. The lowest BCUT2D eigenvalue weighted by molar-refractivity contribution is 0.401. The van der Waals surface area contributed by atoms with Crippen LogP contribution in [-0.2, 0) is 16.4 Å². The van der Waals surface area contributed by atoms with Gasteiger partial charge in [0.15, 0.2) is 0 Å². The predicted molar refractivity (Wildman–Crippen MR) is 114 cm³/mol. The van der Waals surface area contributed by atoms with Crippen molar-refractivity contribution in [3.8, 4) is 5.75 Å². The lowest BCUT2D eigenvalue weighted by Crippen LogP contribution is -2.27. The maximum atomic E-state index is 12.9. The number of hydrogen-bond donors (Lipinski definition) is 2. The average Bonchev–Trinajstić information content (AvgIpc) is 2.96. The van der Waals surface area contributed by atoms with E-state index in [4.69, 9.17) is 27.9 Å². The summed E-state index contributed by atoms with van der Waals surface area (Å²) in [7, 11) is -2.35. The Morgan fingerprint density at radius 3 is 2.57 bits per heavy atom. The summed E-state index contributed by atoms with van der Waals surface area (Å²) in [5.41, 5.74) is 4.10. The molecule has 2 aromatic carbocycles. The molecule has 0 amide bonds. The minimum atomic E-state index is -3.80. The monoisotopic (exact) mass is 440 g/mol. The summed E-state index contributed by atoms with van der Waals surface area (Å²) < 4.78 is 33.9. The molecule has 150 valence electrons. The number of fused-ring (bicyclic) bond motifs is 1. The molecule has 28 heavy (non-hydrogen) atoms. The highest BCUT2D eigenvalue weighted by atomic mass is 35.5. The Bertz CT molecular complexity index is 1150. The lowest BCUT2D eigenvalue weighted by atomic mass is 10.1. The van der Waals surface area contributed by atoms with Crippen molar-refractivity contribution in [2.75, 3.05) is 13.7 Å². The Balaban J connectivity index is 1.87. The number of aromatic nitrogens is 1. The van der Waals surface area contributed by atoms with Gasteiger partial charge in [-0.3, -0.25) is 0 Å². The first-order valence-corrected chi connectivity index (χ1v) is 11.0. The van der Waals surface area contributed by atoms with Crippen LogP contribution in [0.4, 0.5) is 0 Å². The number of aryl methyl sites for hydroxylation is 2. The molecule has 0 aliphatic rings. The molecule has 0 unspecified atom stereocenters. The number of para-hydroxylation sites is 1. The van der Waals surface area contributed by atoms with Gasteiger partial charge in [0.1, 0.15) is 10.6 Å². The number of aromatic amines is 1. The molecule has 1 heterocycles. The third-order valence-corrected chi connectivity index (χ3v) is 7.37. The van der Waals surface area contributed by atoms with Crippen LogP contribution in [-0.4, -0.2) is 27.1 Å². The smallest absolute Gasteiger partial charge is 0.244 e. The van der Waals surface area contributed by atoms with E-state index < -0.39 is 10.0 Å². The summed E-state index contributed by atoms with van der Waals surface area (Å²) in [6, 6.07) is 7.31. The van der Waals surface area contributed by atoms with Gasteiger partial charge in [0.05, 0.1) is 17.6 Å². The van der Waals surface area contributed by atoms with Crippen LogP contribution in [0, 0.1) is 20.8 Å². The molecular formula is C20H22Cl2N2O3S. The maximum absolute atomic E-state index is 12.9. The van der Waals surface area contributed by atoms with E-state index in [-0.39, 0.29) is 17.2 Å². The van der Waals surface area contributed by atoms with Crippen molar-refractivity contribution in [1.29, 1.82) is 0 Å².